The summed E-state index contributed by atoms with van der Waals surface area (Å²) < 4.78 is 20.8. The largest absolute Gasteiger partial charge is 0.534 e. The molecule has 1 aliphatic carbocycles. The first kappa shape index (κ1) is 31.3. The van der Waals surface area contributed by atoms with Gasteiger partial charge in [-0.1, -0.05) is 48.5 Å². The molecule has 0 aliphatic heterocycles. The van der Waals surface area contributed by atoms with Crippen LogP contribution in [0.15, 0.2) is 48.5 Å². The van der Waals surface area contributed by atoms with Crippen LogP contribution in [-0.2, 0) is 28.6 Å². The molecule has 3 rings (SSSR count). The number of nitrogens with one attached hydrogen (secondary N) is 1. The standard InChI is InChI=1S/C30H38N2O9/c1-29(2,3)39-27(35)32(41-28(36)40-30(4,5)6)24(25(33)37-7)16-17-31-26(34)38-18-23-21-14-10-8-12-19(21)20-13-9-11-15-22(20)23/h8-15,23-24H,16-18H2,1-7H3,(H,31,34)/t24-/m0/s1. The molecule has 1 N–H and O–H groups in total. The Kier molecular flexibility index (Phi) is 9.85. The predicted molar refractivity (Wildman–Crippen MR) is 149 cm³/mol. The maximum atomic E-state index is 12.9. The van der Waals surface area contributed by atoms with E-state index < -0.39 is 41.6 Å². The van der Waals surface area contributed by atoms with Gasteiger partial charge in [-0.15, -0.1) is 5.06 Å². The summed E-state index contributed by atoms with van der Waals surface area (Å²) in [6.07, 6.45) is -3.23. The number of hydroxylamine groups is 2. The topological polar surface area (TPSA) is 130 Å². The van der Waals surface area contributed by atoms with Crippen molar-refractivity contribution < 1.29 is 43.0 Å². The molecule has 0 saturated heterocycles. The highest BCUT2D eigenvalue weighted by Gasteiger charge is 2.38. The van der Waals surface area contributed by atoms with Crippen molar-refractivity contribution in [1.82, 2.24) is 10.4 Å². The summed E-state index contributed by atoms with van der Waals surface area (Å²) in [5.41, 5.74) is 2.45. The van der Waals surface area contributed by atoms with Gasteiger partial charge in [0, 0.05) is 12.5 Å². The zero-order chi connectivity index (χ0) is 30.4. The number of hydrogen-bond acceptors (Lipinski definition) is 9. The molecule has 2 amide bonds. The number of benzene rings is 2. The fourth-order valence-corrected chi connectivity index (χ4v) is 4.31. The molecule has 222 valence electrons. The van der Waals surface area contributed by atoms with Crippen molar-refractivity contribution in [3.8, 4) is 11.1 Å². The second kappa shape index (κ2) is 12.9. The summed E-state index contributed by atoms with van der Waals surface area (Å²) >= 11 is 0. The van der Waals surface area contributed by atoms with Gasteiger partial charge in [0.15, 0.2) is 6.04 Å². The monoisotopic (exact) mass is 570 g/mol. The van der Waals surface area contributed by atoms with Crippen molar-refractivity contribution in [1.29, 1.82) is 0 Å². The molecule has 2 aromatic carbocycles. The summed E-state index contributed by atoms with van der Waals surface area (Å²) in [5.74, 6) is -1.02. The average molecular weight is 571 g/mol. The minimum absolute atomic E-state index is 0.103. The summed E-state index contributed by atoms with van der Waals surface area (Å²) in [6.45, 7) is 9.67. The number of rotatable bonds is 7. The third-order valence-electron chi connectivity index (χ3n) is 5.92. The van der Waals surface area contributed by atoms with Gasteiger partial charge in [-0.3, -0.25) is 4.84 Å². The molecule has 1 aliphatic rings. The number of fused-ring (bicyclic) bond motifs is 3. The van der Waals surface area contributed by atoms with Crippen molar-refractivity contribution >= 4 is 24.3 Å². The molecule has 0 fully saturated rings. The van der Waals surface area contributed by atoms with Crippen molar-refractivity contribution in [3.05, 3.63) is 59.7 Å². The number of esters is 1. The van der Waals surface area contributed by atoms with Crippen molar-refractivity contribution in [2.24, 2.45) is 0 Å². The van der Waals surface area contributed by atoms with Crippen LogP contribution in [0.5, 0.6) is 0 Å². The Hall–Kier alpha value is -4.28. The van der Waals surface area contributed by atoms with Gasteiger partial charge in [0.1, 0.15) is 17.8 Å². The molecule has 11 heteroatoms. The van der Waals surface area contributed by atoms with E-state index in [4.69, 9.17) is 23.8 Å². The van der Waals surface area contributed by atoms with Crippen LogP contribution in [0, 0.1) is 0 Å². The van der Waals surface area contributed by atoms with Crippen molar-refractivity contribution in [2.45, 2.75) is 71.1 Å². The number of hydrogen-bond donors (Lipinski definition) is 1. The second-order valence-corrected chi connectivity index (χ2v) is 11.4. The fourth-order valence-electron chi connectivity index (χ4n) is 4.31. The van der Waals surface area contributed by atoms with Gasteiger partial charge in [-0.05, 0) is 70.2 Å². The smallest absolute Gasteiger partial charge is 0.467 e. The fraction of sp³-hybridized carbons (Fsp3) is 0.467. The van der Waals surface area contributed by atoms with Crippen LogP contribution in [0.25, 0.3) is 11.1 Å². The number of carbonyl (C=O) groups excluding carboxylic acids is 4. The van der Waals surface area contributed by atoms with E-state index in [0.717, 1.165) is 29.4 Å². The summed E-state index contributed by atoms with van der Waals surface area (Å²) in [7, 11) is 1.12. The number of nitrogens with zero attached hydrogens (tertiary/aromatic N) is 1. The first-order valence-electron chi connectivity index (χ1n) is 13.3. The average Bonchev–Trinajstić information content (AvgIpc) is 3.20. The molecule has 0 unspecified atom stereocenters. The van der Waals surface area contributed by atoms with Gasteiger partial charge >= 0.3 is 24.3 Å². The normalized spacial score (nSPS) is 13.2. The zero-order valence-corrected chi connectivity index (χ0v) is 24.5. The van der Waals surface area contributed by atoms with E-state index in [-0.39, 0.29) is 25.5 Å². The molecule has 2 aromatic rings. The minimum Gasteiger partial charge on any atom is -0.467 e. The summed E-state index contributed by atoms with van der Waals surface area (Å²) in [4.78, 5) is 55.7. The Morgan fingerprint density at radius 2 is 1.39 bits per heavy atom. The van der Waals surface area contributed by atoms with Crippen LogP contribution in [-0.4, -0.2) is 66.9 Å². The molecular weight excluding hydrogens is 532 g/mol. The van der Waals surface area contributed by atoms with E-state index in [0.29, 0.717) is 5.06 Å². The molecule has 0 saturated carbocycles. The summed E-state index contributed by atoms with van der Waals surface area (Å²) in [6, 6.07) is 14.5. The Balaban J connectivity index is 1.66. The van der Waals surface area contributed by atoms with E-state index in [1.807, 2.05) is 48.5 Å². The highest BCUT2D eigenvalue weighted by atomic mass is 16.8. The van der Waals surface area contributed by atoms with Crippen LogP contribution in [0.4, 0.5) is 14.4 Å². The number of carbonyl (C=O) groups is 4. The van der Waals surface area contributed by atoms with Crippen LogP contribution in [0.2, 0.25) is 0 Å². The minimum atomic E-state index is -1.45. The zero-order valence-electron chi connectivity index (χ0n) is 24.5. The highest BCUT2D eigenvalue weighted by molar-refractivity contribution is 5.82. The van der Waals surface area contributed by atoms with E-state index in [9.17, 15) is 19.2 Å². The maximum Gasteiger partial charge on any atom is 0.534 e. The van der Waals surface area contributed by atoms with Crippen molar-refractivity contribution in [2.75, 3.05) is 20.3 Å². The third kappa shape index (κ3) is 8.60. The van der Waals surface area contributed by atoms with Gasteiger partial charge in [0.05, 0.1) is 7.11 Å². The molecule has 0 spiro atoms. The number of amides is 2. The first-order chi connectivity index (χ1) is 19.2. The van der Waals surface area contributed by atoms with E-state index in [2.05, 4.69) is 5.32 Å². The van der Waals surface area contributed by atoms with Gasteiger partial charge < -0.3 is 24.3 Å². The lowest BCUT2D eigenvalue weighted by atomic mass is 9.98. The van der Waals surface area contributed by atoms with E-state index in [1.54, 1.807) is 41.5 Å². The lowest BCUT2D eigenvalue weighted by molar-refractivity contribution is -0.179. The third-order valence-corrected chi connectivity index (χ3v) is 5.92. The van der Waals surface area contributed by atoms with Gasteiger partial charge in [0.25, 0.3) is 0 Å². The van der Waals surface area contributed by atoms with Crippen LogP contribution in [0.1, 0.15) is 65.0 Å². The molecule has 0 aromatic heterocycles. The lowest BCUT2D eigenvalue weighted by Crippen LogP contribution is -2.50. The number of alkyl carbamates (subject to hydrolysis) is 1. The predicted octanol–water partition coefficient (Wildman–Crippen LogP) is 5.56. The Labute approximate surface area is 240 Å². The number of ether oxygens (including phenoxy) is 4. The quantitative estimate of drug-likeness (QED) is 0.258. The van der Waals surface area contributed by atoms with Crippen LogP contribution < -0.4 is 5.32 Å². The van der Waals surface area contributed by atoms with Crippen LogP contribution >= 0.6 is 0 Å². The van der Waals surface area contributed by atoms with Crippen molar-refractivity contribution in [3.63, 3.8) is 0 Å². The SMILES string of the molecule is COC(=O)[C@H](CCNC(=O)OCC1c2ccccc2-c2ccccc21)N(OC(=O)OC(C)(C)C)C(=O)OC(C)(C)C. The summed E-state index contributed by atoms with van der Waals surface area (Å²) in [5, 5.41) is 3.04. The highest BCUT2D eigenvalue weighted by Crippen LogP contribution is 2.44. The molecule has 0 radical (unpaired) electrons. The molecule has 41 heavy (non-hydrogen) atoms. The van der Waals surface area contributed by atoms with Gasteiger partial charge in [-0.25, -0.2) is 19.2 Å². The molecule has 0 heterocycles. The van der Waals surface area contributed by atoms with E-state index in [1.165, 1.54) is 0 Å². The Morgan fingerprint density at radius 3 is 1.90 bits per heavy atom. The maximum absolute atomic E-state index is 12.9. The first-order valence-corrected chi connectivity index (χ1v) is 13.3. The molecular formula is C30H38N2O9. The number of methoxy groups -OCH3 is 1. The Bertz CT molecular complexity index is 1220. The second-order valence-electron chi connectivity index (χ2n) is 11.4. The lowest BCUT2D eigenvalue weighted by Gasteiger charge is -2.30. The Morgan fingerprint density at radius 1 is 0.854 bits per heavy atom. The van der Waals surface area contributed by atoms with Crippen LogP contribution in [0.3, 0.4) is 0 Å². The van der Waals surface area contributed by atoms with E-state index >= 15 is 0 Å². The molecule has 0 bridgehead atoms. The van der Waals surface area contributed by atoms with Gasteiger partial charge in [-0.2, -0.15) is 0 Å². The van der Waals surface area contributed by atoms with Gasteiger partial charge in [0.2, 0.25) is 0 Å². The molecule has 11 nitrogen and oxygen atoms in total. The molecule has 1 atom stereocenters.